The third kappa shape index (κ3) is 3.84. The van der Waals surface area contributed by atoms with Crippen LogP contribution in [0.3, 0.4) is 0 Å². The highest BCUT2D eigenvalue weighted by Crippen LogP contribution is 2.06. The number of rotatable bonds is 3. The zero-order valence-electron chi connectivity index (χ0n) is 11.1. The molecule has 104 valence electrons. The van der Waals surface area contributed by atoms with E-state index in [4.69, 9.17) is 5.73 Å². The monoisotopic (exact) mass is 271 g/mol. The van der Waals surface area contributed by atoms with Gasteiger partial charge in [-0.1, -0.05) is 11.8 Å². The van der Waals surface area contributed by atoms with Crippen molar-refractivity contribution in [1.29, 1.82) is 0 Å². The standard InChI is InChI=1S/C15H17N3O2/c16-9-1-2-11-3-5-12(6-4-11)15(20)17-10-13-7-8-14(19)18-13/h3-6,13H,7-10,16H2,(H,17,20)(H,18,19). The molecule has 1 atom stereocenters. The number of nitrogens with one attached hydrogen (secondary N) is 2. The van der Waals surface area contributed by atoms with Gasteiger partial charge in [-0.25, -0.2) is 0 Å². The second-order valence-electron chi connectivity index (χ2n) is 4.60. The summed E-state index contributed by atoms with van der Waals surface area (Å²) in [4.78, 5) is 23.0. The summed E-state index contributed by atoms with van der Waals surface area (Å²) in [5.74, 6) is 5.55. The fraction of sp³-hybridized carbons (Fsp3) is 0.333. The number of hydrogen-bond donors (Lipinski definition) is 3. The van der Waals surface area contributed by atoms with Gasteiger partial charge >= 0.3 is 0 Å². The topological polar surface area (TPSA) is 84.2 Å². The maximum atomic E-state index is 11.9. The van der Waals surface area contributed by atoms with Crippen LogP contribution in [0.1, 0.15) is 28.8 Å². The molecular weight excluding hydrogens is 254 g/mol. The zero-order chi connectivity index (χ0) is 14.4. The molecule has 1 aromatic carbocycles. The van der Waals surface area contributed by atoms with Gasteiger partial charge in [0.1, 0.15) is 0 Å². The van der Waals surface area contributed by atoms with Gasteiger partial charge in [-0.05, 0) is 30.7 Å². The normalized spacial score (nSPS) is 17.1. The van der Waals surface area contributed by atoms with E-state index in [0.29, 0.717) is 25.1 Å². The van der Waals surface area contributed by atoms with Crippen molar-refractivity contribution in [3.8, 4) is 11.8 Å². The summed E-state index contributed by atoms with van der Waals surface area (Å²) in [6.07, 6.45) is 1.31. The van der Waals surface area contributed by atoms with Crippen LogP contribution < -0.4 is 16.4 Å². The fourth-order valence-electron chi connectivity index (χ4n) is 2.01. The van der Waals surface area contributed by atoms with Gasteiger partial charge in [0.25, 0.3) is 5.91 Å². The van der Waals surface area contributed by atoms with E-state index >= 15 is 0 Å². The van der Waals surface area contributed by atoms with Crippen molar-refractivity contribution < 1.29 is 9.59 Å². The predicted molar refractivity (Wildman–Crippen MR) is 75.9 cm³/mol. The molecule has 2 rings (SSSR count). The molecule has 1 aromatic rings. The Hall–Kier alpha value is -2.32. The van der Waals surface area contributed by atoms with Crippen molar-refractivity contribution >= 4 is 11.8 Å². The first kappa shape index (κ1) is 14.1. The smallest absolute Gasteiger partial charge is 0.251 e. The minimum Gasteiger partial charge on any atom is -0.352 e. The number of benzene rings is 1. The van der Waals surface area contributed by atoms with E-state index < -0.39 is 0 Å². The molecule has 0 aromatic heterocycles. The molecule has 0 radical (unpaired) electrons. The highest BCUT2D eigenvalue weighted by molar-refractivity contribution is 5.94. The van der Waals surface area contributed by atoms with E-state index in [1.54, 1.807) is 24.3 Å². The van der Waals surface area contributed by atoms with E-state index in [0.717, 1.165) is 12.0 Å². The van der Waals surface area contributed by atoms with Crippen LogP contribution in [0.4, 0.5) is 0 Å². The van der Waals surface area contributed by atoms with Gasteiger partial charge in [0.15, 0.2) is 0 Å². The third-order valence-electron chi connectivity index (χ3n) is 3.08. The summed E-state index contributed by atoms with van der Waals surface area (Å²) in [6, 6.07) is 7.07. The molecule has 1 saturated heterocycles. The Bertz CT molecular complexity index is 555. The lowest BCUT2D eigenvalue weighted by molar-refractivity contribution is -0.119. The number of nitrogens with two attached hydrogens (primary N) is 1. The van der Waals surface area contributed by atoms with Crippen molar-refractivity contribution in [3.05, 3.63) is 35.4 Å². The molecule has 0 spiro atoms. The summed E-state index contributed by atoms with van der Waals surface area (Å²) in [5, 5.41) is 5.62. The molecule has 1 aliphatic heterocycles. The molecule has 4 N–H and O–H groups in total. The van der Waals surface area contributed by atoms with Crippen LogP contribution >= 0.6 is 0 Å². The second kappa shape index (κ2) is 6.73. The lowest BCUT2D eigenvalue weighted by Gasteiger charge is -2.11. The Morgan fingerprint density at radius 1 is 1.40 bits per heavy atom. The highest BCUT2D eigenvalue weighted by Gasteiger charge is 2.20. The van der Waals surface area contributed by atoms with Gasteiger partial charge in [0, 0.05) is 30.1 Å². The van der Waals surface area contributed by atoms with Gasteiger partial charge in [-0.15, -0.1) is 0 Å². The second-order valence-corrected chi connectivity index (χ2v) is 4.60. The minimum absolute atomic E-state index is 0.0427. The Balaban J connectivity index is 1.87. The molecule has 2 amide bonds. The summed E-state index contributed by atoms with van der Waals surface area (Å²) < 4.78 is 0. The Morgan fingerprint density at radius 2 is 2.15 bits per heavy atom. The first-order chi connectivity index (χ1) is 9.69. The van der Waals surface area contributed by atoms with Crippen molar-refractivity contribution in [2.24, 2.45) is 5.73 Å². The van der Waals surface area contributed by atoms with Gasteiger partial charge in [0.2, 0.25) is 5.91 Å². The van der Waals surface area contributed by atoms with Gasteiger partial charge in [-0.2, -0.15) is 0 Å². The average molecular weight is 271 g/mol. The lowest BCUT2D eigenvalue weighted by Crippen LogP contribution is -2.38. The van der Waals surface area contributed by atoms with Crippen LogP contribution in [0.2, 0.25) is 0 Å². The van der Waals surface area contributed by atoms with Crippen LogP contribution in [0.5, 0.6) is 0 Å². The Labute approximate surface area is 117 Å². The number of carbonyl (C=O) groups is 2. The highest BCUT2D eigenvalue weighted by atomic mass is 16.2. The van der Waals surface area contributed by atoms with E-state index in [2.05, 4.69) is 22.5 Å². The molecule has 0 aliphatic carbocycles. The molecule has 0 saturated carbocycles. The molecule has 1 fully saturated rings. The van der Waals surface area contributed by atoms with Crippen LogP contribution in [-0.2, 0) is 4.79 Å². The van der Waals surface area contributed by atoms with E-state index in [1.165, 1.54) is 0 Å². The summed E-state index contributed by atoms with van der Waals surface area (Å²) in [6.45, 7) is 0.772. The summed E-state index contributed by atoms with van der Waals surface area (Å²) in [5.41, 5.74) is 6.70. The Morgan fingerprint density at radius 3 is 2.75 bits per heavy atom. The van der Waals surface area contributed by atoms with Crippen molar-refractivity contribution in [2.45, 2.75) is 18.9 Å². The van der Waals surface area contributed by atoms with E-state index in [9.17, 15) is 9.59 Å². The van der Waals surface area contributed by atoms with Gasteiger partial charge < -0.3 is 16.4 Å². The molecule has 1 aliphatic rings. The first-order valence-corrected chi connectivity index (χ1v) is 6.55. The van der Waals surface area contributed by atoms with Crippen LogP contribution in [0, 0.1) is 11.8 Å². The van der Waals surface area contributed by atoms with Gasteiger partial charge in [-0.3, -0.25) is 9.59 Å². The lowest BCUT2D eigenvalue weighted by atomic mass is 10.1. The van der Waals surface area contributed by atoms with Crippen molar-refractivity contribution in [1.82, 2.24) is 10.6 Å². The van der Waals surface area contributed by atoms with Crippen molar-refractivity contribution in [2.75, 3.05) is 13.1 Å². The fourth-order valence-corrected chi connectivity index (χ4v) is 2.01. The van der Waals surface area contributed by atoms with Crippen molar-refractivity contribution in [3.63, 3.8) is 0 Å². The SMILES string of the molecule is NCC#Cc1ccc(C(=O)NCC2CCC(=O)N2)cc1. The van der Waals surface area contributed by atoms with Crippen LogP contribution in [0.25, 0.3) is 0 Å². The molecule has 0 bridgehead atoms. The average Bonchev–Trinajstić information content (AvgIpc) is 2.89. The number of amides is 2. The van der Waals surface area contributed by atoms with Crippen LogP contribution in [0.15, 0.2) is 24.3 Å². The summed E-state index contributed by atoms with van der Waals surface area (Å²) in [7, 11) is 0. The third-order valence-corrected chi connectivity index (χ3v) is 3.08. The quantitative estimate of drug-likeness (QED) is 0.677. The largest absolute Gasteiger partial charge is 0.352 e. The van der Waals surface area contributed by atoms with Crippen LogP contribution in [-0.4, -0.2) is 30.9 Å². The molecule has 1 heterocycles. The molecular formula is C15H17N3O2. The molecule has 1 unspecified atom stereocenters. The molecule has 20 heavy (non-hydrogen) atoms. The Kier molecular flexibility index (Phi) is 4.75. The molecule has 5 heteroatoms. The number of hydrogen-bond acceptors (Lipinski definition) is 3. The van der Waals surface area contributed by atoms with E-state index in [1.807, 2.05) is 0 Å². The zero-order valence-corrected chi connectivity index (χ0v) is 11.1. The summed E-state index contributed by atoms with van der Waals surface area (Å²) >= 11 is 0. The van der Waals surface area contributed by atoms with Gasteiger partial charge in [0.05, 0.1) is 6.54 Å². The minimum atomic E-state index is -0.149. The first-order valence-electron chi connectivity index (χ1n) is 6.55. The maximum absolute atomic E-state index is 11.9. The molecule has 5 nitrogen and oxygen atoms in total. The number of carbonyl (C=O) groups excluding carboxylic acids is 2. The van der Waals surface area contributed by atoms with E-state index in [-0.39, 0.29) is 17.9 Å². The predicted octanol–water partition coefficient (Wildman–Crippen LogP) is 0.00520. The maximum Gasteiger partial charge on any atom is 0.251 e.